The Hall–Kier alpha value is -0.220. The van der Waals surface area contributed by atoms with Gasteiger partial charge in [0, 0.05) is 11.0 Å². The third-order valence-corrected chi connectivity index (χ3v) is 4.38. The number of rotatable bonds is 4. The van der Waals surface area contributed by atoms with Gasteiger partial charge in [0.2, 0.25) is 0 Å². The molecule has 2 unspecified atom stereocenters. The van der Waals surface area contributed by atoms with Gasteiger partial charge in [-0.2, -0.15) is 11.8 Å². The molecule has 0 aromatic rings. The van der Waals surface area contributed by atoms with Crippen molar-refractivity contribution in [1.82, 2.24) is 4.90 Å². The first-order valence-corrected chi connectivity index (χ1v) is 6.21. The first-order valence-electron chi connectivity index (χ1n) is 5.17. The van der Waals surface area contributed by atoms with Crippen LogP contribution in [0.25, 0.3) is 0 Å². The van der Waals surface area contributed by atoms with Gasteiger partial charge in [-0.25, -0.2) is 0 Å². The topological polar surface area (TPSA) is 40.5 Å². The van der Waals surface area contributed by atoms with E-state index in [1.54, 1.807) is 11.8 Å². The minimum Gasteiger partial charge on any atom is -0.480 e. The van der Waals surface area contributed by atoms with Gasteiger partial charge in [0.1, 0.15) is 5.54 Å². The molecule has 1 saturated heterocycles. The Balaban J connectivity index is 2.87. The van der Waals surface area contributed by atoms with E-state index < -0.39 is 11.5 Å². The maximum absolute atomic E-state index is 11.4. The van der Waals surface area contributed by atoms with E-state index in [1.807, 2.05) is 13.8 Å². The third kappa shape index (κ3) is 1.91. The van der Waals surface area contributed by atoms with Gasteiger partial charge in [-0.15, -0.1) is 0 Å². The molecule has 1 fully saturated rings. The Morgan fingerprint density at radius 1 is 1.57 bits per heavy atom. The molecule has 0 bridgehead atoms. The van der Waals surface area contributed by atoms with E-state index in [4.69, 9.17) is 0 Å². The predicted molar refractivity (Wildman–Crippen MR) is 59.8 cm³/mol. The normalized spacial score (nSPS) is 32.4. The lowest BCUT2D eigenvalue weighted by atomic mass is 9.94. The third-order valence-electron chi connectivity index (χ3n) is 3.00. The van der Waals surface area contributed by atoms with E-state index in [1.165, 1.54) is 0 Å². The molecule has 1 rings (SSSR count). The van der Waals surface area contributed by atoms with Crippen LogP contribution < -0.4 is 0 Å². The summed E-state index contributed by atoms with van der Waals surface area (Å²) in [4.78, 5) is 13.4. The van der Waals surface area contributed by atoms with Crippen LogP contribution in [0.2, 0.25) is 0 Å². The van der Waals surface area contributed by atoms with Gasteiger partial charge in [0.15, 0.2) is 0 Å². The quantitative estimate of drug-likeness (QED) is 0.778. The summed E-state index contributed by atoms with van der Waals surface area (Å²) in [7, 11) is 0. The number of aliphatic carboxylic acids is 1. The molecular formula is C10H19NO2S. The standard InChI is InChI=1S/C10H19NO2S/c1-4-11(5-2)10(9(12)13)6-8(3)14-7-10/h8H,4-7H2,1-3H3,(H,12,13). The fourth-order valence-electron chi connectivity index (χ4n) is 2.21. The summed E-state index contributed by atoms with van der Waals surface area (Å²) in [5, 5.41) is 9.82. The van der Waals surface area contributed by atoms with Crippen molar-refractivity contribution in [2.75, 3.05) is 18.8 Å². The SMILES string of the molecule is CCN(CC)C1(C(=O)O)CSC(C)C1. The molecule has 0 spiro atoms. The Labute approximate surface area is 89.9 Å². The van der Waals surface area contributed by atoms with E-state index in [0.29, 0.717) is 5.25 Å². The molecule has 3 nitrogen and oxygen atoms in total. The van der Waals surface area contributed by atoms with Gasteiger partial charge in [0.25, 0.3) is 0 Å². The molecular weight excluding hydrogens is 198 g/mol. The van der Waals surface area contributed by atoms with Crippen LogP contribution in [0.1, 0.15) is 27.2 Å². The molecule has 82 valence electrons. The summed E-state index contributed by atoms with van der Waals surface area (Å²) in [5.41, 5.74) is -0.604. The van der Waals surface area contributed by atoms with Crippen molar-refractivity contribution in [2.24, 2.45) is 0 Å². The highest BCUT2D eigenvalue weighted by molar-refractivity contribution is 8.00. The van der Waals surface area contributed by atoms with Crippen LogP contribution >= 0.6 is 11.8 Å². The molecule has 2 atom stereocenters. The Morgan fingerprint density at radius 3 is 2.43 bits per heavy atom. The van der Waals surface area contributed by atoms with Gasteiger partial charge < -0.3 is 5.11 Å². The predicted octanol–water partition coefficient (Wildman–Crippen LogP) is 1.68. The van der Waals surface area contributed by atoms with Crippen molar-refractivity contribution in [1.29, 1.82) is 0 Å². The van der Waals surface area contributed by atoms with Crippen LogP contribution in [0.3, 0.4) is 0 Å². The van der Waals surface area contributed by atoms with Crippen molar-refractivity contribution >= 4 is 17.7 Å². The summed E-state index contributed by atoms with van der Waals surface area (Å²) in [6, 6.07) is 0. The number of likely N-dealkylation sites (N-methyl/N-ethyl adjacent to an activating group) is 1. The lowest BCUT2D eigenvalue weighted by Gasteiger charge is -2.35. The van der Waals surface area contributed by atoms with Crippen molar-refractivity contribution in [3.05, 3.63) is 0 Å². The number of carbonyl (C=O) groups is 1. The minimum atomic E-state index is -0.655. The highest BCUT2D eigenvalue weighted by Crippen LogP contribution is 2.38. The smallest absolute Gasteiger partial charge is 0.325 e. The minimum absolute atomic E-state index is 0.465. The Kier molecular flexibility index (Phi) is 3.84. The zero-order valence-corrected chi connectivity index (χ0v) is 9.93. The van der Waals surface area contributed by atoms with Crippen LogP contribution in [0.4, 0.5) is 0 Å². The maximum Gasteiger partial charge on any atom is 0.325 e. The summed E-state index contributed by atoms with van der Waals surface area (Å²) in [5.74, 6) is 0.0728. The lowest BCUT2D eigenvalue weighted by Crippen LogP contribution is -2.55. The largest absolute Gasteiger partial charge is 0.480 e. The Morgan fingerprint density at radius 2 is 2.14 bits per heavy atom. The van der Waals surface area contributed by atoms with E-state index in [9.17, 15) is 9.90 Å². The summed E-state index contributed by atoms with van der Waals surface area (Å²) in [6.07, 6.45) is 0.772. The van der Waals surface area contributed by atoms with Crippen molar-refractivity contribution in [3.63, 3.8) is 0 Å². The molecule has 0 aromatic heterocycles. The van der Waals surface area contributed by atoms with E-state index in [-0.39, 0.29) is 0 Å². The van der Waals surface area contributed by atoms with Crippen molar-refractivity contribution in [2.45, 2.75) is 38.0 Å². The van der Waals surface area contributed by atoms with Crippen LogP contribution in [0.15, 0.2) is 0 Å². The second-order valence-corrected chi connectivity index (χ2v) is 5.26. The summed E-state index contributed by atoms with van der Waals surface area (Å²) in [6.45, 7) is 7.80. The highest BCUT2D eigenvalue weighted by Gasteiger charge is 2.48. The average molecular weight is 217 g/mol. The molecule has 14 heavy (non-hydrogen) atoms. The van der Waals surface area contributed by atoms with E-state index in [0.717, 1.165) is 25.3 Å². The highest BCUT2D eigenvalue weighted by atomic mass is 32.2. The molecule has 1 aliphatic rings. The van der Waals surface area contributed by atoms with Gasteiger partial charge in [-0.05, 0) is 19.5 Å². The molecule has 1 aliphatic heterocycles. The zero-order chi connectivity index (χ0) is 10.8. The number of hydrogen-bond donors (Lipinski definition) is 1. The molecule has 1 heterocycles. The number of carboxylic acids is 1. The van der Waals surface area contributed by atoms with Crippen LogP contribution in [0.5, 0.6) is 0 Å². The van der Waals surface area contributed by atoms with Gasteiger partial charge in [-0.3, -0.25) is 9.69 Å². The van der Waals surface area contributed by atoms with E-state index in [2.05, 4.69) is 11.8 Å². The first kappa shape index (κ1) is 11.9. The second-order valence-electron chi connectivity index (χ2n) is 3.83. The molecule has 0 aromatic carbocycles. The molecule has 0 amide bonds. The molecule has 4 heteroatoms. The Bertz CT molecular complexity index is 218. The van der Waals surface area contributed by atoms with Gasteiger partial charge in [0.05, 0.1) is 0 Å². The van der Waals surface area contributed by atoms with Crippen LogP contribution in [-0.2, 0) is 4.79 Å². The van der Waals surface area contributed by atoms with E-state index >= 15 is 0 Å². The maximum atomic E-state index is 11.4. The summed E-state index contributed by atoms with van der Waals surface area (Å²) >= 11 is 1.77. The van der Waals surface area contributed by atoms with Gasteiger partial charge >= 0.3 is 5.97 Å². The molecule has 0 radical (unpaired) electrons. The fraction of sp³-hybridized carbons (Fsp3) is 0.900. The van der Waals surface area contributed by atoms with Gasteiger partial charge in [-0.1, -0.05) is 20.8 Å². The molecule has 1 N–H and O–H groups in total. The molecule has 0 saturated carbocycles. The van der Waals surface area contributed by atoms with Crippen LogP contribution in [0, 0.1) is 0 Å². The lowest BCUT2D eigenvalue weighted by molar-refractivity contribution is -0.150. The fourth-order valence-corrected chi connectivity index (χ4v) is 3.58. The van der Waals surface area contributed by atoms with Crippen LogP contribution in [-0.4, -0.2) is 45.6 Å². The average Bonchev–Trinajstić information content (AvgIpc) is 2.51. The summed E-state index contributed by atoms with van der Waals surface area (Å²) < 4.78 is 0. The number of carboxylic acid groups (broad SMARTS) is 1. The van der Waals surface area contributed by atoms with Crippen molar-refractivity contribution < 1.29 is 9.90 Å². The number of nitrogens with zero attached hydrogens (tertiary/aromatic N) is 1. The first-order chi connectivity index (χ1) is 6.56. The monoisotopic (exact) mass is 217 g/mol. The van der Waals surface area contributed by atoms with Crippen molar-refractivity contribution in [3.8, 4) is 0 Å². The number of hydrogen-bond acceptors (Lipinski definition) is 3. The second kappa shape index (κ2) is 4.53. The zero-order valence-electron chi connectivity index (χ0n) is 9.12. The number of thioether (sulfide) groups is 1. The molecule has 0 aliphatic carbocycles.